The number of hydrazone groups is 1. The van der Waals surface area contributed by atoms with Crippen LogP contribution in [0.25, 0.3) is 0 Å². The molecule has 2 amide bonds. The molecule has 1 aromatic rings. The molecule has 1 aliphatic heterocycles. The minimum absolute atomic E-state index is 0.144. The highest BCUT2D eigenvalue weighted by Crippen LogP contribution is 2.52. The Hall–Kier alpha value is -2.43. The second-order valence-corrected chi connectivity index (χ2v) is 8.94. The molecule has 8 nitrogen and oxygen atoms in total. The van der Waals surface area contributed by atoms with Gasteiger partial charge < -0.3 is 14.2 Å². The van der Waals surface area contributed by atoms with Crippen LogP contribution >= 0.6 is 22.6 Å². The molecule has 1 heterocycles. The number of esters is 1. The molecule has 2 fully saturated rings. The van der Waals surface area contributed by atoms with Gasteiger partial charge in [0.05, 0.1) is 35.3 Å². The summed E-state index contributed by atoms with van der Waals surface area (Å²) < 4.78 is 16.8. The number of nitrogens with zero attached hydrogens (tertiary/aromatic N) is 2. The number of amides is 2. The third-order valence-corrected chi connectivity index (χ3v) is 6.73. The Morgan fingerprint density at radius 3 is 2.48 bits per heavy atom. The van der Waals surface area contributed by atoms with E-state index in [1.807, 2.05) is 6.92 Å². The number of imide groups is 1. The molecule has 3 aliphatic rings. The summed E-state index contributed by atoms with van der Waals surface area (Å²) in [6, 6.07) is 3.48. The Labute approximate surface area is 193 Å². The maximum Gasteiger partial charge on any atom is 0.346 e. The van der Waals surface area contributed by atoms with Crippen molar-refractivity contribution in [3.63, 3.8) is 0 Å². The number of methoxy groups -OCH3 is 1. The highest BCUT2D eigenvalue weighted by atomic mass is 127. The molecule has 0 spiro atoms. The average molecular weight is 538 g/mol. The predicted octanol–water partition coefficient (Wildman–Crippen LogP) is 2.77. The molecule has 1 saturated carbocycles. The van der Waals surface area contributed by atoms with E-state index in [4.69, 9.17) is 14.2 Å². The summed E-state index contributed by atoms with van der Waals surface area (Å²) in [6.07, 6.45) is 5.65. The third kappa shape index (κ3) is 3.83. The van der Waals surface area contributed by atoms with E-state index in [0.29, 0.717) is 27.2 Å². The molecule has 2 aliphatic carbocycles. The number of benzene rings is 1. The summed E-state index contributed by atoms with van der Waals surface area (Å²) in [5, 5.41) is 5.23. The molecule has 4 rings (SSSR count). The molecule has 31 heavy (non-hydrogen) atoms. The van der Waals surface area contributed by atoms with E-state index in [-0.39, 0.29) is 35.5 Å². The minimum atomic E-state index is -0.805. The van der Waals surface area contributed by atoms with Gasteiger partial charge in [-0.15, -0.1) is 0 Å². The molecule has 164 valence electrons. The molecule has 9 heteroatoms. The van der Waals surface area contributed by atoms with Crippen molar-refractivity contribution < 1.29 is 28.6 Å². The smallest absolute Gasteiger partial charge is 0.346 e. The van der Waals surface area contributed by atoms with Crippen LogP contribution in [0.5, 0.6) is 11.5 Å². The lowest BCUT2D eigenvalue weighted by atomic mass is 9.85. The predicted molar refractivity (Wildman–Crippen MR) is 120 cm³/mol. The van der Waals surface area contributed by atoms with Gasteiger partial charge in [-0.25, -0.2) is 4.79 Å². The fourth-order valence-corrected chi connectivity index (χ4v) is 5.31. The summed E-state index contributed by atoms with van der Waals surface area (Å²) in [6.45, 7) is 3.82. The molecule has 0 radical (unpaired) electrons. The lowest BCUT2D eigenvalue weighted by molar-refractivity contribution is -0.148. The number of fused-ring (bicyclic) bond motifs is 5. The van der Waals surface area contributed by atoms with Crippen LogP contribution in [-0.4, -0.2) is 48.8 Å². The van der Waals surface area contributed by atoms with Crippen LogP contribution in [-0.2, 0) is 19.1 Å². The maximum absolute atomic E-state index is 12.8. The first-order chi connectivity index (χ1) is 14.8. The van der Waals surface area contributed by atoms with E-state index < -0.39 is 12.1 Å². The Bertz CT molecular complexity index is 960. The van der Waals surface area contributed by atoms with Gasteiger partial charge in [0, 0.05) is 0 Å². The van der Waals surface area contributed by atoms with Crippen LogP contribution in [0.2, 0.25) is 0 Å². The summed E-state index contributed by atoms with van der Waals surface area (Å²) in [7, 11) is 1.30. The lowest BCUT2D eigenvalue weighted by Crippen LogP contribution is -2.28. The van der Waals surface area contributed by atoms with Gasteiger partial charge in [-0.1, -0.05) is 12.2 Å². The van der Waals surface area contributed by atoms with Crippen LogP contribution < -0.4 is 9.47 Å². The maximum atomic E-state index is 12.8. The van der Waals surface area contributed by atoms with Gasteiger partial charge in [0.15, 0.2) is 17.6 Å². The fraction of sp³-hybridized carbons (Fsp3) is 0.455. The number of rotatable bonds is 7. The molecule has 5 atom stereocenters. The van der Waals surface area contributed by atoms with Crippen molar-refractivity contribution in [1.82, 2.24) is 5.01 Å². The highest BCUT2D eigenvalue weighted by Gasteiger charge is 2.59. The van der Waals surface area contributed by atoms with Crippen molar-refractivity contribution in [1.29, 1.82) is 0 Å². The van der Waals surface area contributed by atoms with Crippen LogP contribution in [0.1, 0.15) is 25.8 Å². The zero-order valence-electron chi connectivity index (χ0n) is 17.4. The zero-order chi connectivity index (χ0) is 22.3. The molecule has 1 saturated heterocycles. The Balaban J connectivity index is 1.56. The second-order valence-electron chi connectivity index (χ2n) is 7.78. The summed E-state index contributed by atoms with van der Waals surface area (Å²) in [5.74, 6) is -0.374. The van der Waals surface area contributed by atoms with E-state index in [2.05, 4.69) is 39.8 Å². The van der Waals surface area contributed by atoms with Crippen molar-refractivity contribution in [2.45, 2.75) is 26.4 Å². The van der Waals surface area contributed by atoms with E-state index in [9.17, 15) is 14.4 Å². The van der Waals surface area contributed by atoms with Gasteiger partial charge >= 0.3 is 5.97 Å². The van der Waals surface area contributed by atoms with Gasteiger partial charge in [-0.05, 0) is 72.4 Å². The monoisotopic (exact) mass is 538 g/mol. The first-order valence-electron chi connectivity index (χ1n) is 10.2. The number of halogens is 1. The molecule has 0 unspecified atom stereocenters. The van der Waals surface area contributed by atoms with Crippen molar-refractivity contribution in [2.24, 2.45) is 28.8 Å². The van der Waals surface area contributed by atoms with Crippen molar-refractivity contribution in [2.75, 3.05) is 13.7 Å². The van der Waals surface area contributed by atoms with Crippen LogP contribution in [0.15, 0.2) is 29.4 Å². The molecule has 1 aromatic carbocycles. The normalized spacial score (nSPS) is 27.2. The van der Waals surface area contributed by atoms with E-state index in [0.717, 1.165) is 11.4 Å². The Morgan fingerprint density at radius 2 is 1.90 bits per heavy atom. The Morgan fingerprint density at radius 1 is 1.26 bits per heavy atom. The molecule has 0 aromatic heterocycles. The van der Waals surface area contributed by atoms with Crippen LogP contribution in [0.3, 0.4) is 0 Å². The molecule has 2 bridgehead atoms. The van der Waals surface area contributed by atoms with Crippen molar-refractivity contribution >= 4 is 46.6 Å². The summed E-state index contributed by atoms with van der Waals surface area (Å²) >= 11 is 2.08. The van der Waals surface area contributed by atoms with Gasteiger partial charge in [-0.2, -0.15) is 10.1 Å². The van der Waals surface area contributed by atoms with Crippen molar-refractivity contribution in [3.8, 4) is 11.5 Å². The lowest BCUT2D eigenvalue weighted by Gasteiger charge is -2.18. The topological polar surface area (TPSA) is 94.5 Å². The van der Waals surface area contributed by atoms with Crippen LogP contribution in [0, 0.1) is 27.2 Å². The van der Waals surface area contributed by atoms with Crippen molar-refractivity contribution in [3.05, 3.63) is 33.4 Å². The number of hydrogen-bond acceptors (Lipinski definition) is 7. The number of carbonyl (C=O) groups excluding carboxylic acids is 3. The van der Waals surface area contributed by atoms with Gasteiger partial charge in [0.1, 0.15) is 0 Å². The molecular weight excluding hydrogens is 515 g/mol. The summed E-state index contributed by atoms with van der Waals surface area (Å²) in [4.78, 5) is 37.3. The highest BCUT2D eigenvalue weighted by molar-refractivity contribution is 14.1. The fourth-order valence-electron chi connectivity index (χ4n) is 4.56. The second kappa shape index (κ2) is 8.60. The quantitative estimate of drug-likeness (QED) is 0.174. The van der Waals surface area contributed by atoms with Gasteiger partial charge in [0.2, 0.25) is 0 Å². The summed E-state index contributed by atoms with van der Waals surface area (Å²) in [5.41, 5.74) is 0.643. The molecule has 0 N–H and O–H groups in total. The SMILES string of the molecule is CCOc1cc(C=NN2C(=O)[C@@H]3[C@H](C2=O)[C@H]2C=C[C@H]3C2)cc(I)c1O[C@H](C)C(=O)OC. The standard InChI is InChI=1S/C22H23IN2O6/c1-4-30-16-8-12(7-15(23)19(16)31-11(2)22(28)29-3)10-24-25-20(26)17-13-5-6-14(9-13)18(17)21(25)27/h5-8,10-11,13-14,17-18H,4,9H2,1-3H3/t11-,13+,14+,17-,18+/m1/s1. The van der Waals surface area contributed by atoms with E-state index in [1.165, 1.54) is 13.3 Å². The largest absolute Gasteiger partial charge is 0.490 e. The zero-order valence-corrected chi connectivity index (χ0v) is 19.6. The number of hydrogen-bond donors (Lipinski definition) is 0. The number of allylic oxidation sites excluding steroid dienone is 2. The van der Waals surface area contributed by atoms with Gasteiger partial charge in [-0.3, -0.25) is 9.59 Å². The average Bonchev–Trinajstić information content (AvgIpc) is 3.43. The number of carbonyl (C=O) groups is 3. The van der Waals surface area contributed by atoms with Gasteiger partial charge in [0.25, 0.3) is 11.8 Å². The van der Waals surface area contributed by atoms with E-state index in [1.54, 1.807) is 19.1 Å². The Kier molecular flexibility index (Phi) is 6.05. The molecular formula is C22H23IN2O6. The first-order valence-corrected chi connectivity index (χ1v) is 11.2. The number of ether oxygens (including phenoxy) is 3. The van der Waals surface area contributed by atoms with Crippen LogP contribution in [0.4, 0.5) is 0 Å². The first kappa shape index (κ1) is 21.8. The third-order valence-electron chi connectivity index (χ3n) is 5.93. The van der Waals surface area contributed by atoms with E-state index >= 15 is 0 Å². The minimum Gasteiger partial charge on any atom is -0.490 e.